The zero-order valence-electron chi connectivity index (χ0n) is 19.7. The highest BCUT2D eigenvalue weighted by molar-refractivity contribution is 5.95. The Labute approximate surface area is 200 Å². The van der Waals surface area contributed by atoms with Crippen LogP contribution in [-0.4, -0.2) is 28.1 Å². The first-order valence-corrected chi connectivity index (χ1v) is 11.7. The van der Waals surface area contributed by atoms with Crippen molar-refractivity contribution in [1.82, 2.24) is 4.90 Å². The molecular weight excluding hydrogens is 426 g/mol. The van der Waals surface area contributed by atoms with E-state index in [9.17, 15) is 9.90 Å². The third-order valence-corrected chi connectivity index (χ3v) is 6.88. The third kappa shape index (κ3) is 4.03. The van der Waals surface area contributed by atoms with E-state index >= 15 is 0 Å². The van der Waals surface area contributed by atoms with Crippen molar-refractivity contribution in [1.29, 1.82) is 0 Å². The number of benzene rings is 3. The molecule has 5 rings (SSSR count). The predicted molar refractivity (Wildman–Crippen MR) is 132 cm³/mol. The lowest BCUT2D eigenvalue weighted by Gasteiger charge is -2.35. The Balaban J connectivity index is 1.30. The lowest BCUT2D eigenvalue weighted by Crippen LogP contribution is -2.40. The number of amides is 1. The summed E-state index contributed by atoms with van der Waals surface area (Å²) in [6, 6.07) is 21.3. The summed E-state index contributed by atoms with van der Waals surface area (Å²) in [5, 5.41) is 9.88. The molecule has 1 heterocycles. The van der Waals surface area contributed by atoms with Gasteiger partial charge in [0, 0.05) is 18.5 Å². The normalized spacial score (nSPS) is 21.2. The van der Waals surface area contributed by atoms with E-state index in [4.69, 9.17) is 9.47 Å². The van der Waals surface area contributed by atoms with E-state index in [0.717, 1.165) is 12.0 Å². The molecule has 1 N–H and O–H groups in total. The van der Waals surface area contributed by atoms with Gasteiger partial charge in [0.25, 0.3) is 5.91 Å². The molecule has 5 heteroatoms. The van der Waals surface area contributed by atoms with E-state index in [1.807, 2.05) is 61.2 Å². The van der Waals surface area contributed by atoms with Crippen molar-refractivity contribution in [2.24, 2.45) is 0 Å². The van der Waals surface area contributed by atoms with Crippen LogP contribution in [0, 0.1) is 6.92 Å². The molecule has 3 aromatic rings. The molecular formula is C29H29NO4. The maximum atomic E-state index is 13.3. The Morgan fingerprint density at radius 2 is 1.85 bits per heavy atom. The Hall–Kier alpha value is -3.73. The molecule has 0 bridgehead atoms. The summed E-state index contributed by atoms with van der Waals surface area (Å²) in [7, 11) is 0. The molecule has 5 nitrogen and oxygen atoms in total. The smallest absolute Gasteiger partial charge is 0.254 e. The molecule has 2 aliphatic rings. The van der Waals surface area contributed by atoms with Crippen LogP contribution in [0.2, 0.25) is 0 Å². The van der Waals surface area contributed by atoms with Gasteiger partial charge in [-0.3, -0.25) is 4.79 Å². The van der Waals surface area contributed by atoms with Gasteiger partial charge in [-0.1, -0.05) is 30.3 Å². The third-order valence-electron chi connectivity index (χ3n) is 6.88. The first-order valence-electron chi connectivity index (χ1n) is 11.7. The minimum Gasteiger partial charge on any atom is -0.508 e. The summed E-state index contributed by atoms with van der Waals surface area (Å²) in [4.78, 5) is 15.3. The highest BCUT2D eigenvalue weighted by Crippen LogP contribution is 2.37. The summed E-state index contributed by atoms with van der Waals surface area (Å²) in [6.45, 7) is 6.60. The van der Waals surface area contributed by atoms with Crippen LogP contribution in [0.1, 0.15) is 53.4 Å². The Kier molecular flexibility index (Phi) is 5.56. The molecule has 34 heavy (non-hydrogen) atoms. The fraction of sp³-hybridized carbons (Fsp3) is 0.276. The highest BCUT2D eigenvalue weighted by Gasteiger charge is 2.38. The van der Waals surface area contributed by atoms with Crippen molar-refractivity contribution in [3.8, 4) is 17.2 Å². The molecule has 0 spiro atoms. The van der Waals surface area contributed by atoms with Crippen LogP contribution in [-0.2, 0) is 6.42 Å². The summed E-state index contributed by atoms with van der Waals surface area (Å²) in [6.07, 6.45) is 3.30. The van der Waals surface area contributed by atoms with Gasteiger partial charge >= 0.3 is 0 Å². The first-order chi connectivity index (χ1) is 16.3. The largest absolute Gasteiger partial charge is 0.508 e. The van der Waals surface area contributed by atoms with Gasteiger partial charge in [-0.25, -0.2) is 0 Å². The molecule has 2 atom stereocenters. The molecule has 3 aromatic carbocycles. The molecule has 0 fully saturated rings. The van der Waals surface area contributed by atoms with Crippen LogP contribution in [0.3, 0.4) is 0 Å². The number of hydrogen-bond donors (Lipinski definition) is 1. The molecule has 174 valence electrons. The Morgan fingerprint density at radius 3 is 2.59 bits per heavy atom. The van der Waals surface area contributed by atoms with E-state index in [2.05, 4.69) is 25.1 Å². The molecule has 2 unspecified atom stereocenters. The fourth-order valence-corrected chi connectivity index (χ4v) is 4.66. The van der Waals surface area contributed by atoms with Gasteiger partial charge in [0.05, 0.1) is 6.04 Å². The number of rotatable bonds is 5. The zero-order valence-corrected chi connectivity index (χ0v) is 19.7. The quantitative estimate of drug-likeness (QED) is 0.475. The maximum Gasteiger partial charge on any atom is 0.254 e. The number of ether oxygens (including phenoxy) is 2. The number of fused-ring (bicyclic) bond motifs is 1. The average Bonchev–Trinajstić information content (AvgIpc) is 2.85. The summed E-state index contributed by atoms with van der Waals surface area (Å²) >= 11 is 0. The van der Waals surface area contributed by atoms with Gasteiger partial charge in [-0.05, 0) is 86.4 Å². The lowest BCUT2D eigenvalue weighted by molar-refractivity contribution is 0.0547. The van der Waals surface area contributed by atoms with Gasteiger partial charge in [0.2, 0.25) is 0 Å². The van der Waals surface area contributed by atoms with E-state index < -0.39 is 5.60 Å². The van der Waals surface area contributed by atoms with Gasteiger partial charge in [-0.15, -0.1) is 0 Å². The topological polar surface area (TPSA) is 59.0 Å². The monoisotopic (exact) mass is 455 g/mol. The van der Waals surface area contributed by atoms with Crippen LogP contribution in [0.15, 0.2) is 78.6 Å². The van der Waals surface area contributed by atoms with Crippen molar-refractivity contribution in [3.05, 3.63) is 101 Å². The van der Waals surface area contributed by atoms with Gasteiger partial charge in [0.1, 0.15) is 23.0 Å². The lowest BCUT2D eigenvalue weighted by atomic mass is 9.88. The minimum absolute atomic E-state index is 0.00832. The van der Waals surface area contributed by atoms with Crippen LogP contribution in [0.4, 0.5) is 0 Å². The Morgan fingerprint density at radius 1 is 1.06 bits per heavy atom. The second-order valence-electron chi connectivity index (χ2n) is 9.31. The standard InChI is InChI=1S/C29H29NO4/c1-19-17-24(11-12-26(19)34-29(3)15-13-27(29)31)33-23-9-6-8-22(18-23)28(32)30-16-14-21-7-4-5-10-25(21)20(30)2/h4-13,17-18,20,31H,14-16H2,1-3H3. The summed E-state index contributed by atoms with van der Waals surface area (Å²) < 4.78 is 12.1. The van der Waals surface area contributed by atoms with Crippen molar-refractivity contribution >= 4 is 5.91 Å². The van der Waals surface area contributed by atoms with Crippen molar-refractivity contribution in [2.75, 3.05) is 6.54 Å². The number of carbonyl (C=O) groups excluding carboxylic acids is 1. The summed E-state index contributed by atoms with van der Waals surface area (Å²) in [5.41, 5.74) is 3.39. The van der Waals surface area contributed by atoms with E-state index in [0.29, 0.717) is 35.8 Å². The number of aliphatic hydroxyl groups is 1. The number of carbonyl (C=O) groups is 1. The molecule has 0 saturated carbocycles. The van der Waals surface area contributed by atoms with Crippen LogP contribution in [0.25, 0.3) is 0 Å². The van der Waals surface area contributed by atoms with Gasteiger partial charge < -0.3 is 19.5 Å². The second-order valence-corrected chi connectivity index (χ2v) is 9.31. The number of aryl methyl sites for hydroxylation is 1. The van der Waals surface area contributed by atoms with Crippen molar-refractivity contribution in [2.45, 2.75) is 45.3 Å². The fourth-order valence-electron chi connectivity index (χ4n) is 4.66. The molecule has 1 aliphatic heterocycles. The van der Waals surface area contributed by atoms with Crippen molar-refractivity contribution < 1.29 is 19.4 Å². The SMILES string of the molecule is Cc1cc(Oc2cccc(C(=O)N3CCc4ccccc4C3C)c2)ccc1OC1(C)CC=C1O. The molecule has 0 saturated heterocycles. The highest BCUT2D eigenvalue weighted by atomic mass is 16.5. The molecule has 1 aliphatic carbocycles. The van der Waals surface area contributed by atoms with E-state index in [-0.39, 0.29) is 17.7 Å². The van der Waals surface area contributed by atoms with Crippen LogP contribution in [0.5, 0.6) is 17.2 Å². The first kappa shape index (κ1) is 22.1. The number of nitrogens with zero attached hydrogens (tertiary/aromatic N) is 1. The number of aliphatic hydroxyl groups excluding tert-OH is 1. The molecule has 1 amide bonds. The van der Waals surface area contributed by atoms with Gasteiger partial charge in [0.15, 0.2) is 5.60 Å². The average molecular weight is 456 g/mol. The molecule has 0 radical (unpaired) electrons. The van der Waals surface area contributed by atoms with Crippen LogP contribution < -0.4 is 9.47 Å². The maximum absolute atomic E-state index is 13.3. The Bertz CT molecular complexity index is 1280. The van der Waals surface area contributed by atoms with Crippen molar-refractivity contribution in [3.63, 3.8) is 0 Å². The molecule has 0 aromatic heterocycles. The number of hydrogen-bond acceptors (Lipinski definition) is 4. The van der Waals surface area contributed by atoms with E-state index in [1.165, 1.54) is 11.1 Å². The minimum atomic E-state index is -0.659. The van der Waals surface area contributed by atoms with E-state index in [1.54, 1.807) is 12.1 Å². The van der Waals surface area contributed by atoms with Crippen LogP contribution >= 0.6 is 0 Å². The summed E-state index contributed by atoms with van der Waals surface area (Å²) in [5.74, 6) is 2.25. The van der Waals surface area contributed by atoms with Gasteiger partial charge in [-0.2, -0.15) is 0 Å². The predicted octanol–water partition coefficient (Wildman–Crippen LogP) is 6.53. The second kappa shape index (κ2) is 8.56. The zero-order chi connectivity index (χ0) is 23.9.